The van der Waals surface area contributed by atoms with Gasteiger partial charge in [0.2, 0.25) is 0 Å². The molecule has 0 aromatic rings. The lowest BCUT2D eigenvalue weighted by atomic mass is 9.73. The van der Waals surface area contributed by atoms with Crippen LogP contribution in [0.25, 0.3) is 0 Å². The molecule has 3 aliphatic rings. The molecular formula is C11H16O3. The first-order chi connectivity index (χ1) is 6.75. The van der Waals surface area contributed by atoms with Gasteiger partial charge in [0.25, 0.3) is 0 Å². The van der Waals surface area contributed by atoms with Crippen LogP contribution in [0.5, 0.6) is 0 Å². The molecule has 5 atom stereocenters. The average molecular weight is 196 g/mol. The first kappa shape index (κ1) is 8.89. The molecule has 2 aliphatic heterocycles. The summed E-state index contributed by atoms with van der Waals surface area (Å²) in [7, 11) is 0. The number of fused-ring (bicyclic) bond motifs is 4. The fraction of sp³-hybridized carbons (Fsp3) is 0.818. The first-order valence-corrected chi connectivity index (χ1v) is 5.36. The highest BCUT2D eigenvalue weighted by Crippen LogP contribution is 2.43. The molecule has 0 aromatic carbocycles. The molecule has 3 heteroatoms. The Morgan fingerprint density at radius 2 is 2.29 bits per heavy atom. The van der Waals surface area contributed by atoms with E-state index in [-0.39, 0.29) is 12.4 Å². The second-order valence-corrected chi connectivity index (χ2v) is 4.68. The molecule has 14 heavy (non-hydrogen) atoms. The standard InChI is InChI=1S/C11H16O3/c1-6-2-3-7-8(4-6)10(12)11-13-5-9(7)14-11/h2,7-12H,3-5H2,1H3/t7-,8+,9+,10-,11+/m0/s1. The summed E-state index contributed by atoms with van der Waals surface area (Å²) >= 11 is 0. The summed E-state index contributed by atoms with van der Waals surface area (Å²) in [6, 6.07) is 0. The number of hydrogen-bond acceptors (Lipinski definition) is 3. The summed E-state index contributed by atoms with van der Waals surface area (Å²) in [5.41, 5.74) is 1.40. The van der Waals surface area contributed by atoms with E-state index in [9.17, 15) is 5.11 Å². The highest BCUT2D eigenvalue weighted by Gasteiger charge is 2.49. The second-order valence-electron chi connectivity index (χ2n) is 4.68. The van der Waals surface area contributed by atoms with Gasteiger partial charge in [-0.3, -0.25) is 0 Å². The lowest BCUT2D eigenvalue weighted by molar-refractivity contribution is -0.194. The van der Waals surface area contributed by atoms with E-state index in [0.717, 1.165) is 12.8 Å². The summed E-state index contributed by atoms with van der Waals surface area (Å²) in [5.74, 6) is 0.818. The average Bonchev–Trinajstić information content (AvgIpc) is 2.61. The maximum absolute atomic E-state index is 10.0. The third-order valence-electron chi connectivity index (χ3n) is 3.77. The van der Waals surface area contributed by atoms with Crippen molar-refractivity contribution >= 4 is 0 Å². The molecular weight excluding hydrogens is 180 g/mol. The lowest BCUT2D eigenvalue weighted by Gasteiger charge is -2.41. The van der Waals surface area contributed by atoms with Gasteiger partial charge in [-0.25, -0.2) is 0 Å². The highest BCUT2D eigenvalue weighted by molar-refractivity contribution is 5.10. The molecule has 0 aromatic heterocycles. The minimum atomic E-state index is -0.428. The van der Waals surface area contributed by atoms with Crippen LogP contribution < -0.4 is 0 Å². The molecule has 2 fully saturated rings. The van der Waals surface area contributed by atoms with E-state index in [4.69, 9.17) is 9.47 Å². The number of aliphatic hydroxyl groups excluding tert-OH is 1. The fourth-order valence-corrected chi connectivity index (χ4v) is 2.97. The summed E-state index contributed by atoms with van der Waals surface area (Å²) < 4.78 is 11.0. The molecule has 3 rings (SSSR count). The predicted octanol–water partition coefficient (Wildman–Crippen LogP) is 1.07. The van der Waals surface area contributed by atoms with Crippen molar-refractivity contribution in [1.82, 2.24) is 0 Å². The van der Waals surface area contributed by atoms with Crippen LogP contribution in [0.3, 0.4) is 0 Å². The van der Waals surface area contributed by atoms with Gasteiger partial charge < -0.3 is 14.6 Å². The molecule has 0 saturated carbocycles. The zero-order valence-corrected chi connectivity index (χ0v) is 8.35. The van der Waals surface area contributed by atoms with Crippen LogP contribution in [0, 0.1) is 11.8 Å². The molecule has 0 spiro atoms. The van der Waals surface area contributed by atoms with Gasteiger partial charge >= 0.3 is 0 Å². The number of hydrogen-bond donors (Lipinski definition) is 1. The fourth-order valence-electron chi connectivity index (χ4n) is 2.97. The molecule has 1 aliphatic carbocycles. The molecule has 2 heterocycles. The van der Waals surface area contributed by atoms with Crippen molar-refractivity contribution in [1.29, 1.82) is 0 Å². The number of allylic oxidation sites excluding steroid dienone is 2. The Balaban J connectivity index is 1.89. The molecule has 0 radical (unpaired) electrons. The van der Waals surface area contributed by atoms with Gasteiger partial charge in [0, 0.05) is 0 Å². The Hall–Kier alpha value is -0.380. The van der Waals surface area contributed by atoms with Crippen molar-refractivity contribution in [2.24, 2.45) is 11.8 Å². The van der Waals surface area contributed by atoms with Crippen LogP contribution in [0.15, 0.2) is 11.6 Å². The predicted molar refractivity (Wildman–Crippen MR) is 50.6 cm³/mol. The van der Waals surface area contributed by atoms with Gasteiger partial charge in [-0.05, 0) is 31.6 Å². The smallest absolute Gasteiger partial charge is 0.184 e. The number of ether oxygens (including phenoxy) is 2. The van der Waals surface area contributed by atoms with Crippen molar-refractivity contribution in [2.45, 2.75) is 38.3 Å². The highest BCUT2D eigenvalue weighted by atomic mass is 16.7. The van der Waals surface area contributed by atoms with E-state index in [1.54, 1.807) is 0 Å². The maximum atomic E-state index is 10.0. The van der Waals surface area contributed by atoms with Crippen LogP contribution in [-0.4, -0.2) is 30.2 Å². The molecule has 0 amide bonds. The zero-order chi connectivity index (χ0) is 9.71. The Labute approximate surface area is 83.7 Å². The molecule has 78 valence electrons. The second kappa shape index (κ2) is 3.05. The number of aliphatic hydroxyl groups is 1. The zero-order valence-electron chi connectivity index (χ0n) is 8.35. The molecule has 1 N–H and O–H groups in total. The van der Waals surface area contributed by atoms with Crippen molar-refractivity contribution in [2.75, 3.05) is 6.61 Å². The van der Waals surface area contributed by atoms with Crippen molar-refractivity contribution in [3.63, 3.8) is 0 Å². The van der Waals surface area contributed by atoms with Crippen molar-refractivity contribution in [3.05, 3.63) is 11.6 Å². The third kappa shape index (κ3) is 1.16. The SMILES string of the molecule is CC1=CC[C@H]2[C@@H](C1)[C@H](O)[C@@H]1OC[C@H]2O1. The van der Waals surface area contributed by atoms with E-state index in [2.05, 4.69) is 13.0 Å². The largest absolute Gasteiger partial charge is 0.388 e. The lowest BCUT2D eigenvalue weighted by Crippen LogP contribution is -2.47. The topological polar surface area (TPSA) is 38.7 Å². The van der Waals surface area contributed by atoms with Crippen LogP contribution >= 0.6 is 0 Å². The Kier molecular flexibility index (Phi) is 1.94. The van der Waals surface area contributed by atoms with Gasteiger partial charge in [-0.15, -0.1) is 0 Å². The minimum Gasteiger partial charge on any atom is -0.388 e. The summed E-state index contributed by atoms with van der Waals surface area (Å²) in [6.07, 6.45) is 3.75. The molecule has 2 bridgehead atoms. The van der Waals surface area contributed by atoms with Crippen molar-refractivity contribution in [3.8, 4) is 0 Å². The van der Waals surface area contributed by atoms with E-state index < -0.39 is 6.10 Å². The molecule has 3 nitrogen and oxygen atoms in total. The van der Waals surface area contributed by atoms with E-state index in [1.165, 1.54) is 5.57 Å². The monoisotopic (exact) mass is 196 g/mol. The van der Waals surface area contributed by atoms with Gasteiger partial charge in [0.05, 0.1) is 12.7 Å². The van der Waals surface area contributed by atoms with Gasteiger partial charge in [0.1, 0.15) is 6.10 Å². The quantitative estimate of drug-likeness (QED) is 0.589. The summed E-state index contributed by atoms with van der Waals surface area (Å²) in [6.45, 7) is 2.80. The minimum absolute atomic E-state index is 0.220. The van der Waals surface area contributed by atoms with Gasteiger partial charge in [-0.2, -0.15) is 0 Å². The Morgan fingerprint density at radius 3 is 3.14 bits per heavy atom. The van der Waals surface area contributed by atoms with Crippen LogP contribution in [0.1, 0.15) is 19.8 Å². The third-order valence-corrected chi connectivity index (χ3v) is 3.77. The molecule has 0 unspecified atom stereocenters. The van der Waals surface area contributed by atoms with Crippen molar-refractivity contribution < 1.29 is 14.6 Å². The first-order valence-electron chi connectivity index (χ1n) is 5.36. The van der Waals surface area contributed by atoms with Crippen LogP contribution in [-0.2, 0) is 9.47 Å². The summed E-state index contributed by atoms with van der Waals surface area (Å²) in [4.78, 5) is 0. The summed E-state index contributed by atoms with van der Waals surface area (Å²) in [5, 5.41) is 10.0. The van der Waals surface area contributed by atoms with Gasteiger partial charge in [0.15, 0.2) is 6.29 Å². The maximum Gasteiger partial charge on any atom is 0.184 e. The molecule has 2 saturated heterocycles. The Bertz CT molecular complexity index is 274. The van der Waals surface area contributed by atoms with Gasteiger partial charge in [-0.1, -0.05) is 11.6 Å². The normalized spacial score (nSPS) is 51.3. The van der Waals surface area contributed by atoms with Crippen LogP contribution in [0.2, 0.25) is 0 Å². The number of rotatable bonds is 0. The van der Waals surface area contributed by atoms with Crippen LogP contribution in [0.4, 0.5) is 0 Å². The van der Waals surface area contributed by atoms with E-state index in [0.29, 0.717) is 18.4 Å². The van der Waals surface area contributed by atoms with E-state index >= 15 is 0 Å². The Morgan fingerprint density at radius 1 is 1.43 bits per heavy atom. The van der Waals surface area contributed by atoms with E-state index in [1.807, 2.05) is 0 Å².